The van der Waals surface area contributed by atoms with Crippen molar-refractivity contribution >= 4 is 5.69 Å². The Morgan fingerprint density at radius 1 is 1.21 bits per heavy atom. The Morgan fingerprint density at radius 2 is 1.96 bits per heavy atom. The molecular weight excluding hydrogens is 308 g/mol. The summed E-state index contributed by atoms with van der Waals surface area (Å²) in [6, 6.07) is 8.88. The van der Waals surface area contributed by atoms with Gasteiger partial charge in [-0.3, -0.25) is 9.78 Å². The Hall–Kier alpha value is -2.38. The van der Waals surface area contributed by atoms with E-state index >= 15 is 0 Å². The second kappa shape index (κ2) is 7.94. The van der Waals surface area contributed by atoms with Crippen molar-refractivity contribution in [1.82, 2.24) is 15.0 Å². The van der Waals surface area contributed by atoms with Gasteiger partial charge in [-0.15, -0.1) is 0 Å². The highest BCUT2D eigenvalue weighted by molar-refractivity contribution is 5.50. The van der Waals surface area contributed by atoms with Crippen molar-refractivity contribution in [2.24, 2.45) is 0 Å². The Balaban J connectivity index is 1.87. The molecule has 1 aromatic heterocycles. The molecule has 0 saturated heterocycles. The largest absolute Gasteiger partial charge is 0.392 e. The molecule has 0 bridgehead atoms. The van der Waals surface area contributed by atoms with E-state index < -0.39 is 0 Å². The summed E-state index contributed by atoms with van der Waals surface area (Å²) in [5, 5.41) is 9.34. The van der Waals surface area contributed by atoms with Crippen LogP contribution in [0, 0.1) is 0 Å². The van der Waals surface area contributed by atoms with Crippen LogP contribution < -0.4 is 22.1 Å². The molecule has 130 valence electrons. The molecule has 0 unspecified atom stereocenters. The first kappa shape index (κ1) is 18.0. The van der Waals surface area contributed by atoms with Crippen LogP contribution in [0.3, 0.4) is 0 Å². The minimum Gasteiger partial charge on any atom is -0.392 e. The second-order valence-electron chi connectivity index (χ2n) is 6.36. The smallest absolute Gasteiger partial charge is 0.328 e. The summed E-state index contributed by atoms with van der Waals surface area (Å²) >= 11 is 0. The molecule has 0 aliphatic carbocycles. The molecule has 0 fully saturated rings. The van der Waals surface area contributed by atoms with Crippen LogP contribution in [0.5, 0.6) is 0 Å². The van der Waals surface area contributed by atoms with Crippen LogP contribution in [0.2, 0.25) is 0 Å². The van der Waals surface area contributed by atoms with E-state index in [2.05, 4.69) is 29.7 Å². The lowest BCUT2D eigenvalue weighted by atomic mass is 9.99. The molecule has 2 rings (SSSR count). The Morgan fingerprint density at radius 3 is 2.67 bits per heavy atom. The Bertz CT molecular complexity index is 780. The summed E-state index contributed by atoms with van der Waals surface area (Å²) < 4.78 is 1.49. The van der Waals surface area contributed by atoms with Gasteiger partial charge in [0.05, 0.1) is 12.3 Å². The van der Waals surface area contributed by atoms with Crippen molar-refractivity contribution < 1.29 is 5.11 Å². The first-order chi connectivity index (χ1) is 11.4. The van der Waals surface area contributed by atoms with E-state index in [-0.39, 0.29) is 23.4 Å². The van der Waals surface area contributed by atoms with Gasteiger partial charge in [-0.05, 0) is 32.8 Å². The van der Waals surface area contributed by atoms with Crippen LogP contribution in [-0.4, -0.2) is 20.2 Å². The molecule has 4 N–H and O–H groups in total. The number of hydrazine groups is 1. The second-order valence-corrected chi connectivity index (χ2v) is 6.36. The summed E-state index contributed by atoms with van der Waals surface area (Å²) in [5.74, 6) is 0. The van der Waals surface area contributed by atoms with Gasteiger partial charge in [0, 0.05) is 29.9 Å². The number of H-pyrrole nitrogens is 1. The third-order valence-corrected chi connectivity index (χ3v) is 3.82. The fourth-order valence-corrected chi connectivity index (χ4v) is 2.39. The molecular formula is C17H24N4O3. The van der Waals surface area contributed by atoms with Crippen molar-refractivity contribution in [2.75, 3.05) is 5.43 Å². The molecule has 0 radical (unpaired) electrons. The summed E-state index contributed by atoms with van der Waals surface area (Å²) in [6.07, 6.45) is 3.10. The topological polar surface area (TPSA) is 99.2 Å². The summed E-state index contributed by atoms with van der Waals surface area (Å²) in [6.45, 7) is 4.61. The van der Waals surface area contributed by atoms with Crippen LogP contribution >= 0.6 is 0 Å². The number of aryl methyl sites for hydroxylation is 1. The first-order valence-electron chi connectivity index (χ1n) is 7.93. The summed E-state index contributed by atoms with van der Waals surface area (Å²) in [5.41, 5.74) is 7.07. The van der Waals surface area contributed by atoms with E-state index in [1.807, 2.05) is 24.3 Å². The summed E-state index contributed by atoms with van der Waals surface area (Å²) in [4.78, 5) is 24.9. The predicted molar refractivity (Wildman–Crippen MR) is 93.8 cm³/mol. The normalized spacial score (nSPS) is 11.5. The standard InChI is InChI=1S/C17H24N4O3/c1-17(2,20-19-14-7-4-3-6-13(14)12-22)9-5-10-21-11-8-15(23)18-16(21)24/h3-4,6-8,11,19-20,22H,5,9-10,12H2,1-2H3,(H,18,23,24). The highest BCUT2D eigenvalue weighted by Gasteiger charge is 2.17. The van der Waals surface area contributed by atoms with Gasteiger partial charge in [0.15, 0.2) is 0 Å². The number of para-hydroxylation sites is 1. The number of aliphatic hydroxyl groups excluding tert-OH is 1. The van der Waals surface area contributed by atoms with Gasteiger partial charge in [0.1, 0.15) is 0 Å². The number of aromatic amines is 1. The fraction of sp³-hybridized carbons (Fsp3) is 0.412. The van der Waals surface area contributed by atoms with Gasteiger partial charge >= 0.3 is 5.69 Å². The van der Waals surface area contributed by atoms with Gasteiger partial charge in [0.25, 0.3) is 5.56 Å². The Labute approximate surface area is 140 Å². The number of benzene rings is 1. The van der Waals surface area contributed by atoms with E-state index in [1.165, 1.54) is 16.8 Å². The third-order valence-electron chi connectivity index (χ3n) is 3.82. The highest BCUT2D eigenvalue weighted by atomic mass is 16.3. The van der Waals surface area contributed by atoms with Gasteiger partial charge in [-0.1, -0.05) is 18.2 Å². The van der Waals surface area contributed by atoms with Crippen LogP contribution in [0.4, 0.5) is 5.69 Å². The average Bonchev–Trinajstić information content (AvgIpc) is 2.55. The van der Waals surface area contributed by atoms with Crippen LogP contribution in [-0.2, 0) is 13.2 Å². The van der Waals surface area contributed by atoms with E-state index in [1.54, 1.807) is 0 Å². The minimum absolute atomic E-state index is 0.0274. The molecule has 7 heteroatoms. The van der Waals surface area contributed by atoms with E-state index in [0.29, 0.717) is 6.54 Å². The molecule has 7 nitrogen and oxygen atoms in total. The van der Waals surface area contributed by atoms with Gasteiger partial charge < -0.3 is 15.1 Å². The zero-order valence-electron chi connectivity index (χ0n) is 14.0. The molecule has 0 aliphatic rings. The quantitative estimate of drug-likeness (QED) is 0.545. The van der Waals surface area contributed by atoms with Gasteiger partial charge in [-0.2, -0.15) is 0 Å². The maximum Gasteiger partial charge on any atom is 0.328 e. The fourth-order valence-electron chi connectivity index (χ4n) is 2.39. The van der Waals surface area contributed by atoms with Crippen LogP contribution in [0.25, 0.3) is 0 Å². The van der Waals surface area contributed by atoms with E-state index in [0.717, 1.165) is 24.1 Å². The number of hydrogen-bond acceptors (Lipinski definition) is 5. The number of aromatic nitrogens is 2. The average molecular weight is 332 g/mol. The maximum absolute atomic E-state index is 11.6. The molecule has 2 aromatic rings. The molecule has 1 heterocycles. The highest BCUT2D eigenvalue weighted by Crippen LogP contribution is 2.16. The van der Waals surface area contributed by atoms with Crippen molar-refractivity contribution in [2.45, 2.75) is 45.4 Å². The number of anilines is 1. The number of hydrogen-bond donors (Lipinski definition) is 4. The Kier molecular flexibility index (Phi) is 5.94. The molecule has 0 atom stereocenters. The van der Waals surface area contributed by atoms with Crippen molar-refractivity contribution in [3.8, 4) is 0 Å². The summed E-state index contributed by atoms with van der Waals surface area (Å²) in [7, 11) is 0. The zero-order valence-corrected chi connectivity index (χ0v) is 14.0. The van der Waals surface area contributed by atoms with Crippen LogP contribution in [0.1, 0.15) is 32.3 Å². The van der Waals surface area contributed by atoms with Gasteiger partial charge in [-0.25, -0.2) is 10.2 Å². The molecule has 24 heavy (non-hydrogen) atoms. The number of nitrogens with one attached hydrogen (secondary N) is 3. The first-order valence-corrected chi connectivity index (χ1v) is 7.93. The van der Waals surface area contributed by atoms with E-state index in [4.69, 9.17) is 0 Å². The maximum atomic E-state index is 11.6. The zero-order chi connectivity index (χ0) is 17.6. The monoisotopic (exact) mass is 332 g/mol. The third kappa shape index (κ3) is 5.07. The SMILES string of the molecule is CC(C)(CCCn1ccc(=O)[nH]c1=O)NNc1ccccc1CO. The lowest BCUT2D eigenvalue weighted by Crippen LogP contribution is -2.43. The molecule has 0 saturated carbocycles. The minimum atomic E-state index is -0.386. The number of aliphatic hydroxyl groups is 1. The predicted octanol–water partition coefficient (Wildman–Crippen LogP) is 1.20. The lowest BCUT2D eigenvalue weighted by molar-refractivity contribution is 0.282. The number of nitrogens with zero attached hydrogens (tertiary/aromatic N) is 1. The van der Waals surface area contributed by atoms with Crippen LogP contribution in [0.15, 0.2) is 46.1 Å². The lowest BCUT2D eigenvalue weighted by Gasteiger charge is -2.28. The van der Waals surface area contributed by atoms with Crippen molar-refractivity contribution in [3.05, 3.63) is 62.9 Å². The van der Waals surface area contributed by atoms with Crippen molar-refractivity contribution in [1.29, 1.82) is 0 Å². The van der Waals surface area contributed by atoms with Gasteiger partial charge in [0.2, 0.25) is 0 Å². The van der Waals surface area contributed by atoms with E-state index in [9.17, 15) is 14.7 Å². The molecule has 0 aliphatic heterocycles. The molecule has 0 amide bonds. The number of rotatable bonds is 8. The van der Waals surface area contributed by atoms with Crippen molar-refractivity contribution in [3.63, 3.8) is 0 Å². The molecule has 1 aromatic carbocycles. The molecule has 0 spiro atoms.